The number of aryl methyl sites for hydroxylation is 2. The third kappa shape index (κ3) is 3.45. The van der Waals surface area contributed by atoms with Gasteiger partial charge in [0.1, 0.15) is 0 Å². The van der Waals surface area contributed by atoms with Crippen LogP contribution in [0.25, 0.3) is 5.69 Å². The summed E-state index contributed by atoms with van der Waals surface area (Å²) in [5, 5.41) is 8.81. The molecule has 1 aromatic heterocycles. The van der Waals surface area contributed by atoms with Crippen molar-refractivity contribution in [2.75, 3.05) is 0 Å². The maximum Gasteiger partial charge on any atom is 0.192 e. The molecule has 1 aliphatic rings. The molecule has 0 fully saturated rings. The van der Waals surface area contributed by atoms with Crippen LogP contribution in [0, 0.1) is 0 Å². The largest absolute Gasteiger partial charge is 0.384 e. The molecule has 0 N–H and O–H groups in total. The van der Waals surface area contributed by atoms with Gasteiger partial charge in [0.15, 0.2) is 17.8 Å². The summed E-state index contributed by atoms with van der Waals surface area (Å²) in [7, 11) is 0. The third-order valence-corrected chi connectivity index (χ3v) is 4.26. The third-order valence-electron chi connectivity index (χ3n) is 4.26. The van der Waals surface area contributed by atoms with E-state index in [9.17, 15) is 0 Å². The van der Waals surface area contributed by atoms with Crippen LogP contribution in [-0.4, -0.2) is 20.5 Å². The molecule has 0 radical (unpaired) electrons. The molecule has 3 aromatic rings. The molecule has 0 unspecified atom stereocenters. The lowest BCUT2D eigenvalue weighted by Gasteiger charge is -2.09. The zero-order valence-corrected chi connectivity index (χ0v) is 14.2. The molecule has 0 aliphatic carbocycles. The van der Waals surface area contributed by atoms with E-state index in [4.69, 9.17) is 14.9 Å². The molecule has 0 bridgehead atoms. The average molecular weight is 332 g/mol. The summed E-state index contributed by atoms with van der Waals surface area (Å²) in [6, 6.07) is 20.5. The van der Waals surface area contributed by atoms with Crippen LogP contribution in [0.1, 0.15) is 36.7 Å². The second-order valence-corrected chi connectivity index (χ2v) is 6.24. The number of para-hydroxylation sites is 1. The molecule has 25 heavy (non-hydrogen) atoms. The Morgan fingerprint density at radius 1 is 1.00 bits per heavy atom. The van der Waals surface area contributed by atoms with E-state index in [2.05, 4.69) is 29.4 Å². The van der Waals surface area contributed by atoms with E-state index in [1.165, 1.54) is 5.56 Å². The van der Waals surface area contributed by atoms with E-state index in [1.54, 1.807) is 0 Å². The highest BCUT2D eigenvalue weighted by molar-refractivity contribution is 5.82. The number of hydrogen-bond donors (Lipinski definition) is 0. The topological polar surface area (TPSA) is 52.3 Å². The van der Waals surface area contributed by atoms with Gasteiger partial charge in [0.05, 0.1) is 11.4 Å². The number of nitrogens with zero attached hydrogens (tertiary/aromatic N) is 4. The molecular weight excluding hydrogens is 312 g/mol. The fourth-order valence-electron chi connectivity index (χ4n) is 2.98. The second kappa shape index (κ2) is 6.89. The minimum absolute atomic E-state index is 0.168. The van der Waals surface area contributed by atoms with Crippen LogP contribution >= 0.6 is 0 Å². The van der Waals surface area contributed by atoms with Gasteiger partial charge < -0.3 is 4.84 Å². The molecule has 126 valence electrons. The predicted molar refractivity (Wildman–Crippen MR) is 96.8 cm³/mol. The van der Waals surface area contributed by atoms with Crippen molar-refractivity contribution in [3.05, 3.63) is 77.9 Å². The van der Waals surface area contributed by atoms with E-state index in [0.717, 1.165) is 42.3 Å². The van der Waals surface area contributed by atoms with Crippen molar-refractivity contribution in [3.63, 3.8) is 0 Å². The van der Waals surface area contributed by atoms with Gasteiger partial charge in [0, 0.05) is 12.8 Å². The first kappa shape index (κ1) is 15.6. The second-order valence-electron chi connectivity index (χ2n) is 6.24. The summed E-state index contributed by atoms with van der Waals surface area (Å²) in [6.07, 6.45) is 2.30. The minimum atomic E-state index is -0.168. The van der Waals surface area contributed by atoms with Crippen molar-refractivity contribution in [1.29, 1.82) is 0 Å². The van der Waals surface area contributed by atoms with Gasteiger partial charge >= 0.3 is 0 Å². The number of rotatable bonds is 5. The molecule has 1 aliphatic heterocycles. The fourth-order valence-corrected chi connectivity index (χ4v) is 2.98. The highest BCUT2D eigenvalue weighted by Crippen LogP contribution is 2.27. The number of hydrogen-bond acceptors (Lipinski definition) is 4. The van der Waals surface area contributed by atoms with Crippen LogP contribution in [0.15, 0.2) is 65.8 Å². The quantitative estimate of drug-likeness (QED) is 0.712. The zero-order valence-electron chi connectivity index (χ0n) is 14.2. The van der Waals surface area contributed by atoms with Gasteiger partial charge in [0.25, 0.3) is 0 Å². The van der Waals surface area contributed by atoms with Crippen LogP contribution in [0.4, 0.5) is 0 Å². The van der Waals surface area contributed by atoms with Gasteiger partial charge in [0.2, 0.25) is 0 Å². The molecule has 2 aromatic carbocycles. The Hall–Kier alpha value is -2.95. The SMILES string of the molecule is CC1=NO[C@@H](c2nc(CCc3ccccc3)nn2-c2ccccc2)C1. The molecule has 5 nitrogen and oxygen atoms in total. The van der Waals surface area contributed by atoms with Crippen molar-refractivity contribution < 1.29 is 4.84 Å². The molecule has 5 heteroatoms. The molecule has 0 saturated carbocycles. The summed E-state index contributed by atoms with van der Waals surface area (Å²) >= 11 is 0. The van der Waals surface area contributed by atoms with Crippen molar-refractivity contribution in [2.24, 2.45) is 5.16 Å². The first-order valence-corrected chi connectivity index (χ1v) is 8.54. The van der Waals surface area contributed by atoms with Crippen LogP contribution in [0.5, 0.6) is 0 Å². The van der Waals surface area contributed by atoms with Gasteiger partial charge in [-0.1, -0.05) is 53.7 Å². The monoisotopic (exact) mass is 332 g/mol. The molecule has 0 spiro atoms. The zero-order chi connectivity index (χ0) is 17.1. The summed E-state index contributed by atoms with van der Waals surface area (Å²) in [4.78, 5) is 10.3. The van der Waals surface area contributed by atoms with E-state index >= 15 is 0 Å². The Morgan fingerprint density at radius 2 is 1.72 bits per heavy atom. The van der Waals surface area contributed by atoms with Crippen LogP contribution in [-0.2, 0) is 17.7 Å². The Labute approximate surface area is 147 Å². The molecule has 2 heterocycles. The first-order chi connectivity index (χ1) is 12.3. The molecule has 0 saturated heterocycles. The lowest BCUT2D eigenvalue weighted by Crippen LogP contribution is -2.08. The van der Waals surface area contributed by atoms with Crippen LogP contribution < -0.4 is 0 Å². The van der Waals surface area contributed by atoms with Crippen molar-refractivity contribution in [3.8, 4) is 5.69 Å². The van der Waals surface area contributed by atoms with E-state index in [1.807, 2.05) is 48.0 Å². The number of benzene rings is 2. The van der Waals surface area contributed by atoms with Crippen LogP contribution in [0.3, 0.4) is 0 Å². The maximum atomic E-state index is 5.55. The van der Waals surface area contributed by atoms with Gasteiger partial charge in [-0.05, 0) is 31.0 Å². The van der Waals surface area contributed by atoms with Gasteiger partial charge in [-0.15, -0.1) is 0 Å². The van der Waals surface area contributed by atoms with Crippen molar-refractivity contribution in [2.45, 2.75) is 32.3 Å². The average Bonchev–Trinajstić information content (AvgIpc) is 3.28. The fraction of sp³-hybridized carbons (Fsp3) is 0.250. The normalized spacial score (nSPS) is 16.5. The van der Waals surface area contributed by atoms with Crippen molar-refractivity contribution in [1.82, 2.24) is 14.8 Å². The standard InChI is InChI=1S/C20H20N4O/c1-15-14-18(25-23-15)20-21-19(13-12-16-8-4-2-5-9-16)22-24(20)17-10-6-3-7-11-17/h2-11,18H,12-14H2,1H3/t18-/m1/s1. The van der Waals surface area contributed by atoms with E-state index < -0.39 is 0 Å². The summed E-state index contributed by atoms with van der Waals surface area (Å²) < 4.78 is 1.89. The molecular formula is C20H20N4O. The smallest absolute Gasteiger partial charge is 0.192 e. The Balaban J connectivity index is 1.61. The minimum Gasteiger partial charge on any atom is -0.384 e. The van der Waals surface area contributed by atoms with Gasteiger partial charge in [-0.25, -0.2) is 9.67 Å². The maximum absolute atomic E-state index is 5.55. The highest BCUT2D eigenvalue weighted by Gasteiger charge is 2.27. The predicted octanol–water partition coefficient (Wildman–Crippen LogP) is 3.89. The van der Waals surface area contributed by atoms with E-state index in [-0.39, 0.29) is 6.10 Å². The molecule has 1 atom stereocenters. The Bertz CT molecular complexity index is 871. The summed E-state index contributed by atoms with van der Waals surface area (Å²) in [5.41, 5.74) is 3.26. The summed E-state index contributed by atoms with van der Waals surface area (Å²) in [6.45, 7) is 1.97. The Morgan fingerprint density at radius 3 is 2.40 bits per heavy atom. The van der Waals surface area contributed by atoms with Gasteiger partial charge in [-0.3, -0.25) is 0 Å². The number of aromatic nitrogens is 3. The van der Waals surface area contributed by atoms with Crippen LogP contribution in [0.2, 0.25) is 0 Å². The summed E-state index contributed by atoms with van der Waals surface area (Å²) in [5.74, 6) is 1.64. The lowest BCUT2D eigenvalue weighted by molar-refractivity contribution is 0.0775. The van der Waals surface area contributed by atoms with E-state index in [0.29, 0.717) is 0 Å². The highest BCUT2D eigenvalue weighted by atomic mass is 16.6. The molecule has 0 amide bonds. The Kier molecular flexibility index (Phi) is 4.29. The lowest BCUT2D eigenvalue weighted by atomic mass is 10.1. The molecule has 4 rings (SSSR count). The first-order valence-electron chi connectivity index (χ1n) is 8.54. The van der Waals surface area contributed by atoms with Crippen molar-refractivity contribution >= 4 is 5.71 Å². The number of oxime groups is 1. The van der Waals surface area contributed by atoms with Gasteiger partial charge in [-0.2, -0.15) is 5.10 Å².